The van der Waals surface area contributed by atoms with Crippen molar-refractivity contribution >= 4 is 52.5 Å². The topological polar surface area (TPSA) is 124 Å². The maximum Gasteiger partial charge on any atom is 0.232 e. The Balaban J connectivity index is 1.53. The van der Waals surface area contributed by atoms with E-state index in [1.807, 2.05) is 24.3 Å². The molecule has 0 aliphatic rings. The number of halogens is 1. The molecule has 0 spiro atoms. The SMILES string of the molecule is COc1ccc(Cl)cc1NC(=O)CCSCc1nc(N)nc(Nc2ccccc2OC)n1. The van der Waals surface area contributed by atoms with Crippen molar-refractivity contribution in [2.45, 2.75) is 12.2 Å². The third-order valence-electron chi connectivity index (χ3n) is 4.19. The number of rotatable bonds is 10. The number of methoxy groups -OCH3 is 2. The monoisotopic (exact) mass is 474 g/mol. The normalized spacial score (nSPS) is 10.5. The van der Waals surface area contributed by atoms with Gasteiger partial charge in [-0.25, -0.2) is 0 Å². The molecule has 0 radical (unpaired) electrons. The van der Waals surface area contributed by atoms with Crippen molar-refractivity contribution in [3.8, 4) is 11.5 Å². The highest BCUT2D eigenvalue weighted by Gasteiger charge is 2.10. The van der Waals surface area contributed by atoms with Crippen LogP contribution in [0.4, 0.5) is 23.3 Å². The largest absolute Gasteiger partial charge is 0.495 e. The molecule has 1 aromatic heterocycles. The maximum absolute atomic E-state index is 12.3. The molecule has 0 unspecified atom stereocenters. The highest BCUT2D eigenvalue weighted by atomic mass is 35.5. The standard InChI is InChI=1S/C21H23ClN6O3S/c1-30-16-6-4-3-5-14(16)25-21-27-18(26-20(23)28-21)12-32-10-9-19(29)24-15-11-13(22)7-8-17(15)31-2/h3-8,11H,9-10,12H2,1-2H3,(H,24,29)(H3,23,25,26,27,28). The minimum absolute atomic E-state index is 0.110. The molecule has 0 atom stereocenters. The number of aromatic nitrogens is 3. The molecular weight excluding hydrogens is 452 g/mol. The fraction of sp³-hybridized carbons (Fsp3) is 0.238. The van der Waals surface area contributed by atoms with Gasteiger partial charge in [-0.3, -0.25) is 4.79 Å². The van der Waals surface area contributed by atoms with E-state index in [-0.39, 0.29) is 11.9 Å². The Morgan fingerprint density at radius 3 is 2.59 bits per heavy atom. The fourth-order valence-electron chi connectivity index (χ4n) is 2.75. The first-order chi connectivity index (χ1) is 15.5. The molecule has 0 aliphatic carbocycles. The predicted molar refractivity (Wildman–Crippen MR) is 128 cm³/mol. The number of carbonyl (C=O) groups excluding carboxylic acids is 1. The molecule has 32 heavy (non-hydrogen) atoms. The lowest BCUT2D eigenvalue weighted by atomic mass is 10.3. The zero-order valence-electron chi connectivity index (χ0n) is 17.6. The van der Waals surface area contributed by atoms with Crippen LogP contribution in [0.25, 0.3) is 0 Å². The number of benzene rings is 2. The Labute approximate surface area is 195 Å². The summed E-state index contributed by atoms with van der Waals surface area (Å²) in [5.74, 6) is 3.04. The summed E-state index contributed by atoms with van der Waals surface area (Å²) in [5.41, 5.74) is 7.08. The number of nitrogen functional groups attached to an aromatic ring is 1. The van der Waals surface area contributed by atoms with E-state index in [0.717, 1.165) is 0 Å². The number of anilines is 4. The Morgan fingerprint density at radius 1 is 1.06 bits per heavy atom. The van der Waals surface area contributed by atoms with Gasteiger partial charge in [0.2, 0.25) is 17.8 Å². The van der Waals surface area contributed by atoms with E-state index in [1.54, 1.807) is 25.3 Å². The van der Waals surface area contributed by atoms with Crippen LogP contribution >= 0.6 is 23.4 Å². The molecule has 4 N–H and O–H groups in total. The first-order valence-electron chi connectivity index (χ1n) is 9.60. The number of nitrogens with one attached hydrogen (secondary N) is 2. The summed E-state index contributed by atoms with van der Waals surface area (Å²) >= 11 is 7.50. The smallest absolute Gasteiger partial charge is 0.232 e. The molecule has 1 amide bonds. The van der Waals surface area contributed by atoms with Crippen LogP contribution in [0.3, 0.4) is 0 Å². The van der Waals surface area contributed by atoms with Gasteiger partial charge in [0, 0.05) is 17.2 Å². The van der Waals surface area contributed by atoms with E-state index in [4.69, 9.17) is 26.8 Å². The third-order valence-corrected chi connectivity index (χ3v) is 5.38. The zero-order valence-corrected chi connectivity index (χ0v) is 19.2. The van der Waals surface area contributed by atoms with Crippen LogP contribution in [0, 0.1) is 0 Å². The van der Waals surface area contributed by atoms with Gasteiger partial charge in [-0.2, -0.15) is 26.7 Å². The van der Waals surface area contributed by atoms with Gasteiger partial charge in [0.05, 0.1) is 31.3 Å². The summed E-state index contributed by atoms with van der Waals surface area (Å²) in [5, 5.41) is 6.42. The van der Waals surface area contributed by atoms with E-state index < -0.39 is 0 Å². The number of hydrogen-bond donors (Lipinski definition) is 3. The molecule has 9 nitrogen and oxygen atoms in total. The minimum atomic E-state index is -0.147. The number of hydrogen-bond acceptors (Lipinski definition) is 9. The van der Waals surface area contributed by atoms with Crippen LogP contribution in [0.1, 0.15) is 12.2 Å². The number of carbonyl (C=O) groups is 1. The summed E-state index contributed by atoms with van der Waals surface area (Å²) in [7, 11) is 3.12. The van der Waals surface area contributed by atoms with Gasteiger partial charge in [-0.15, -0.1) is 0 Å². The minimum Gasteiger partial charge on any atom is -0.495 e. The zero-order chi connectivity index (χ0) is 22.9. The quantitative estimate of drug-likeness (QED) is 0.372. The van der Waals surface area contributed by atoms with Crippen LogP contribution in [0.15, 0.2) is 42.5 Å². The molecule has 11 heteroatoms. The number of amides is 1. The van der Waals surface area contributed by atoms with Gasteiger partial charge in [0.25, 0.3) is 0 Å². The summed E-state index contributed by atoms with van der Waals surface area (Å²) in [4.78, 5) is 25.0. The van der Waals surface area contributed by atoms with Crippen LogP contribution in [-0.2, 0) is 10.5 Å². The molecule has 3 aromatic rings. The lowest BCUT2D eigenvalue weighted by molar-refractivity contribution is -0.115. The Bertz CT molecular complexity index is 1090. The highest BCUT2D eigenvalue weighted by Crippen LogP contribution is 2.28. The predicted octanol–water partition coefficient (Wildman–Crippen LogP) is 4.13. The molecule has 0 saturated heterocycles. The molecule has 2 aromatic carbocycles. The Hall–Kier alpha value is -3.24. The first-order valence-corrected chi connectivity index (χ1v) is 11.1. The second kappa shape index (κ2) is 11.4. The van der Waals surface area contributed by atoms with Crippen molar-refractivity contribution in [3.05, 3.63) is 53.3 Å². The molecule has 1 heterocycles. The van der Waals surface area contributed by atoms with Gasteiger partial charge in [-0.1, -0.05) is 23.7 Å². The van der Waals surface area contributed by atoms with E-state index in [2.05, 4.69) is 25.6 Å². The molecule has 0 bridgehead atoms. The first kappa shape index (κ1) is 23.4. The van der Waals surface area contributed by atoms with Crippen LogP contribution in [0.2, 0.25) is 5.02 Å². The molecule has 3 rings (SSSR count). The van der Waals surface area contributed by atoms with E-state index in [1.165, 1.54) is 18.9 Å². The van der Waals surface area contributed by atoms with Crippen molar-refractivity contribution in [3.63, 3.8) is 0 Å². The average Bonchev–Trinajstić information content (AvgIpc) is 2.77. The summed E-state index contributed by atoms with van der Waals surface area (Å²) in [6.07, 6.45) is 0.299. The van der Waals surface area contributed by atoms with E-state index in [9.17, 15) is 4.79 Å². The third kappa shape index (κ3) is 6.63. The van der Waals surface area contributed by atoms with Crippen molar-refractivity contribution < 1.29 is 14.3 Å². The van der Waals surface area contributed by atoms with Crippen molar-refractivity contribution in [1.29, 1.82) is 0 Å². The van der Waals surface area contributed by atoms with E-state index >= 15 is 0 Å². The van der Waals surface area contributed by atoms with Gasteiger partial charge < -0.3 is 25.8 Å². The fourth-order valence-corrected chi connectivity index (χ4v) is 3.70. The van der Waals surface area contributed by atoms with Gasteiger partial charge in [0.1, 0.15) is 17.3 Å². The van der Waals surface area contributed by atoms with Crippen molar-refractivity contribution in [2.24, 2.45) is 0 Å². The second-order valence-electron chi connectivity index (χ2n) is 6.45. The number of para-hydroxylation sites is 2. The van der Waals surface area contributed by atoms with Gasteiger partial charge in [0.15, 0.2) is 0 Å². The van der Waals surface area contributed by atoms with Gasteiger partial charge >= 0.3 is 0 Å². The number of nitrogens with zero attached hydrogens (tertiary/aromatic N) is 3. The Morgan fingerprint density at radius 2 is 1.81 bits per heavy atom. The molecule has 0 saturated carbocycles. The molecule has 0 aliphatic heterocycles. The summed E-state index contributed by atoms with van der Waals surface area (Å²) in [6.45, 7) is 0. The van der Waals surface area contributed by atoms with Crippen LogP contribution in [0.5, 0.6) is 11.5 Å². The van der Waals surface area contributed by atoms with Crippen molar-refractivity contribution in [1.82, 2.24) is 15.0 Å². The highest BCUT2D eigenvalue weighted by molar-refractivity contribution is 7.98. The van der Waals surface area contributed by atoms with Crippen molar-refractivity contribution in [2.75, 3.05) is 36.3 Å². The van der Waals surface area contributed by atoms with E-state index in [0.29, 0.717) is 57.6 Å². The Kier molecular flexibility index (Phi) is 8.34. The van der Waals surface area contributed by atoms with Gasteiger partial charge in [-0.05, 0) is 30.3 Å². The lowest BCUT2D eigenvalue weighted by Crippen LogP contribution is -2.13. The number of thioether (sulfide) groups is 1. The molecular formula is C21H23ClN6O3S. The molecule has 0 fully saturated rings. The average molecular weight is 475 g/mol. The van der Waals surface area contributed by atoms with Crippen LogP contribution in [-0.4, -0.2) is 40.8 Å². The van der Waals surface area contributed by atoms with Crippen LogP contribution < -0.4 is 25.8 Å². The lowest BCUT2D eigenvalue weighted by Gasteiger charge is -2.11. The number of nitrogens with two attached hydrogens (primary N) is 1. The number of ether oxygens (including phenoxy) is 2. The summed E-state index contributed by atoms with van der Waals surface area (Å²) < 4.78 is 10.6. The molecule has 168 valence electrons. The second-order valence-corrected chi connectivity index (χ2v) is 8.00. The maximum atomic E-state index is 12.3. The summed E-state index contributed by atoms with van der Waals surface area (Å²) in [6, 6.07) is 12.5.